The average Bonchev–Trinajstić information content (AvgIpc) is 3.12. The molecule has 126 valence electrons. The number of carbonyl (C=O) groups is 1. The number of rotatable bonds is 3. The van der Waals surface area contributed by atoms with Crippen molar-refractivity contribution in [2.24, 2.45) is 0 Å². The Balaban J connectivity index is 1.44. The molecule has 0 aliphatic carbocycles. The van der Waals surface area contributed by atoms with E-state index in [1.807, 2.05) is 30.7 Å². The molecule has 0 radical (unpaired) electrons. The molecule has 6 nitrogen and oxygen atoms in total. The second-order valence-electron chi connectivity index (χ2n) is 6.12. The molecule has 1 aliphatic heterocycles. The summed E-state index contributed by atoms with van der Waals surface area (Å²) in [5, 5.41) is 5.53. The molecule has 3 heterocycles. The number of aryl methyl sites for hydroxylation is 1. The molecule has 1 atom stereocenters. The van der Waals surface area contributed by atoms with Crippen LogP contribution in [0.2, 0.25) is 0 Å². The molecular formula is C19H19N5O. The van der Waals surface area contributed by atoms with Gasteiger partial charge in [-0.2, -0.15) is 0 Å². The first kappa shape index (κ1) is 15.4. The van der Waals surface area contributed by atoms with Gasteiger partial charge in [0.05, 0.1) is 6.33 Å². The van der Waals surface area contributed by atoms with Crippen LogP contribution in [0.25, 0.3) is 0 Å². The van der Waals surface area contributed by atoms with E-state index in [0.717, 1.165) is 25.1 Å². The minimum Gasteiger partial charge on any atom is -0.334 e. The Kier molecular flexibility index (Phi) is 4.16. The molecule has 4 rings (SSSR count). The van der Waals surface area contributed by atoms with Crippen LogP contribution in [0.3, 0.4) is 0 Å². The number of fused-ring (bicyclic) bond motifs is 1. The van der Waals surface area contributed by atoms with Crippen molar-refractivity contribution in [1.82, 2.24) is 14.5 Å². The maximum atomic E-state index is 12.0. The molecule has 1 aromatic carbocycles. The van der Waals surface area contributed by atoms with Gasteiger partial charge in [-0.3, -0.25) is 5.32 Å². The Morgan fingerprint density at radius 2 is 2.00 bits per heavy atom. The third kappa shape index (κ3) is 3.38. The predicted octanol–water partition coefficient (Wildman–Crippen LogP) is 3.85. The van der Waals surface area contributed by atoms with E-state index >= 15 is 0 Å². The predicted molar refractivity (Wildman–Crippen MR) is 96.6 cm³/mol. The van der Waals surface area contributed by atoms with Crippen LogP contribution in [0.1, 0.15) is 30.0 Å². The van der Waals surface area contributed by atoms with Gasteiger partial charge in [-0.05, 0) is 42.7 Å². The number of hydrogen-bond donors (Lipinski definition) is 2. The first-order chi connectivity index (χ1) is 12.3. The summed E-state index contributed by atoms with van der Waals surface area (Å²) in [6.45, 7) is 1.04. The van der Waals surface area contributed by atoms with Crippen LogP contribution in [-0.2, 0) is 6.54 Å². The van der Waals surface area contributed by atoms with Crippen molar-refractivity contribution < 1.29 is 4.79 Å². The number of amides is 2. The van der Waals surface area contributed by atoms with Crippen molar-refractivity contribution in [2.45, 2.75) is 25.3 Å². The van der Waals surface area contributed by atoms with Crippen LogP contribution in [0, 0.1) is 0 Å². The number of anilines is 2. The van der Waals surface area contributed by atoms with Crippen LogP contribution in [0.4, 0.5) is 16.3 Å². The second-order valence-corrected chi connectivity index (χ2v) is 6.12. The third-order valence-corrected chi connectivity index (χ3v) is 4.47. The monoisotopic (exact) mass is 333 g/mol. The molecule has 0 unspecified atom stereocenters. The molecule has 2 N–H and O–H groups in total. The highest BCUT2D eigenvalue weighted by atomic mass is 16.2. The summed E-state index contributed by atoms with van der Waals surface area (Å²) in [7, 11) is 0. The highest BCUT2D eigenvalue weighted by Gasteiger charge is 2.21. The molecule has 2 aromatic heterocycles. The molecule has 6 heteroatoms. The maximum absolute atomic E-state index is 12.0. The quantitative estimate of drug-likeness (QED) is 0.765. The van der Waals surface area contributed by atoms with Gasteiger partial charge in [0.2, 0.25) is 0 Å². The highest BCUT2D eigenvalue weighted by Crippen LogP contribution is 2.33. The van der Waals surface area contributed by atoms with Crippen LogP contribution in [0.15, 0.2) is 61.2 Å². The fourth-order valence-electron chi connectivity index (χ4n) is 3.27. The topological polar surface area (TPSA) is 71.8 Å². The van der Waals surface area contributed by atoms with Crippen molar-refractivity contribution in [3.63, 3.8) is 0 Å². The van der Waals surface area contributed by atoms with Crippen LogP contribution in [0.5, 0.6) is 0 Å². The first-order valence-electron chi connectivity index (χ1n) is 8.38. The molecule has 3 aromatic rings. The van der Waals surface area contributed by atoms with Crippen molar-refractivity contribution in [2.75, 3.05) is 10.6 Å². The van der Waals surface area contributed by atoms with E-state index in [1.165, 1.54) is 11.3 Å². The number of aromatic nitrogens is 3. The standard InChI is InChI=1S/C19H19N5O/c25-19(23-18-5-1-2-10-21-18)22-15-8-6-14(7-9-15)16-4-3-11-24-13-20-12-17(16)24/h1-2,5-10,12-13,16H,3-4,11H2,(H2,21,22,23,25)/t16-/m1/s1. The SMILES string of the molecule is O=C(Nc1ccc([C@H]2CCCn3cncc32)cc1)Nc1ccccn1. The lowest BCUT2D eigenvalue weighted by atomic mass is 9.89. The number of carbonyl (C=O) groups excluding carboxylic acids is 1. The minimum absolute atomic E-state index is 0.304. The van der Waals surface area contributed by atoms with Crippen molar-refractivity contribution in [3.8, 4) is 0 Å². The van der Waals surface area contributed by atoms with E-state index in [4.69, 9.17) is 0 Å². The second kappa shape index (κ2) is 6.76. The maximum Gasteiger partial charge on any atom is 0.324 e. The zero-order valence-electron chi connectivity index (χ0n) is 13.7. The summed E-state index contributed by atoms with van der Waals surface area (Å²) >= 11 is 0. The molecule has 0 spiro atoms. The molecule has 0 fully saturated rings. The summed E-state index contributed by atoms with van der Waals surface area (Å²) in [6, 6.07) is 13.1. The fraction of sp³-hybridized carbons (Fsp3) is 0.211. The number of pyridine rings is 1. The van der Waals surface area contributed by atoms with Crippen LogP contribution < -0.4 is 10.6 Å². The number of imidazole rings is 1. The Morgan fingerprint density at radius 3 is 2.80 bits per heavy atom. The lowest BCUT2D eigenvalue weighted by Crippen LogP contribution is -2.20. The molecule has 1 aliphatic rings. The van der Waals surface area contributed by atoms with E-state index in [9.17, 15) is 4.79 Å². The molecule has 0 bridgehead atoms. The lowest BCUT2D eigenvalue weighted by Gasteiger charge is -2.24. The van der Waals surface area contributed by atoms with E-state index in [2.05, 4.69) is 37.3 Å². The molecule has 2 amide bonds. The van der Waals surface area contributed by atoms with Gasteiger partial charge in [0.25, 0.3) is 0 Å². The highest BCUT2D eigenvalue weighted by molar-refractivity contribution is 5.99. The van der Waals surface area contributed by atoms with Crippen LogP contribution >= 0.6 is 0 Å². The number of hydrogen-bond acceptors (Lipinski definition) is 3. The number of nitrogens with zero attached hydrogens (tertiary/aromatic N) is 3. The summed E-state index contributed by atoms with van der Waals surface area (Å²) in [6.07, 6.45) is 7.77. The molecular weight excluding hydrogens is 314 g/mol. The van der Waals surface area contributed by atoms with Gasteiger partial charge in [0.1, 0.15) is 5.82 Å². The van der Waals surface area contributed by atoms with Crippen molar-refractivity contribution >= 4 is 17.5 Å². The van der Waals surface area contributed by atoms with E-state index in [-0.39, 0.29) is 6.03 Å². The fourth-order valence-corrected chi connectivity index (χ4v) is 3.27. The summed E-state index contributed by atoms with van der Waals surface area (Å²) in [5.74, 6) is 0.889. The Labute approximate surface area is 145 Å². The van der Waals surface area contributed by atoms with Crippen molar-refractivity contribution in [3.05, 3.63) is 72.4 Å². The van der Waals surface area contributed by atoms with Gasteiger partial charge < -0.3 is 9.88 Å². The van der Waals surface area contributed by atoms with Crippen molar-refractivity contribution in [1.29, 1.82) is 0 Å². The largest absolute Gasteiger partial charge is 0.334 e. The number of benzene rings is 1. The molecule has 0 saturated heterocycles. The molecule has 25 heavy (non-hydrogen) atoms. The average molecular weight is 333 g/mol. The summed E-state index contributed by atoms with van der Waals surface area (Å²) in [5.41, 5.74) is 3.26. The normalized spacial score (nSPS) is 16.1. The van der Waals surface area contributed by atoms with Gasteiger partial charge >= 0.3 is 6.03 Å². The van der Waals surface area contributed by atoms with E-state index in [0.29, 0.717) is 11.7 Å². The Hall–Kier alpha value is -3.15. The smallest absolute Gasteiger partial charge is 0.324 e. The summed E-state index contributed by atoms with van der Waals surface area (Å²) in [4.78, 5) is 20.4. The van der Waals surface area contributed by atoms with E-state index in [1.54, 1.807) is 18.3 Å². The third-order valence-electron chi connectivity index (χ3n) is 4.47. The lowest BCUT2D eigenvalue weighted by molar-refractivity contribution is 0.262. The van der Waals surface area contributed by atoms with Gasteiger partial charge in [-0.25, -0.2) is 14.8 Å². The zero-order valence-corrected chi connectivity index (χ0v) is 13.7. The summed E-state index contributed by atoms with van der Waals surface area (Å²) < 4.78 is 2.22. The zero-order chi connectivity index (χ0) is 17.1. The van der Waals surface area contributed by atoms with Gasteiger partial charge in [0.15, 0.2) is 0 Å². The number of urea groups is 1. The van der Waals surface area contributed by atoms with Gasteiger partial charge in [-0.1, -0.05) is 18.2 Å². The van der Waals surface area contributed by atoms with Crippen LogP contribution in [-0.4, -0.2) is 20.6 Å². The molecule has 0 saturated carbocycles. The first-order valence-corrected chi connectivity index (χ1v) is 8.38. The van der Waals surface area contributed by atoms with Gasteiger partial charge in [0, 0.05) is 36.2 Å². The van der Waals surface area contributed by atoms with Gasteiger partial charge in [-0.15, -0.1) is 0 Å². The number of nitrogens with one attached hydrogen (secondary N) is 2. The Morgan fingerprint density at radius 1 is 1.12 bits per heavy atom. The van der Waals surface area contributed by atoms with E-state index < -0.39 is 0 Å². The minimum atomic E-state index is -0.304. The Bertz CT molecular complexity index is 857.